The Morgan fingerprint density at radius 1 is 1.35 bits per heavy atom. The van der Waals surface area contributed by atoms with Crippen LogP contribution in [0.4, 0.5) is 4.79 Å². The minimum absolute atomic E-state index is 0.0813. The van der Waals surface area contributed by atoms with Gasteiger partial charge in [-0.2, -0.15) is 0 Å². The highest BCUT2D eigenvalue weighted by molar-refractivity contribution is 5.74. The molecule has 7 nitrogen and oxygen atoms in total. The molecule has 1 saturated carbocycles. The number of hydrogen-bond acceptors (Lipinski definition) is 3. The fraction of sp³-hybridized carbons (Fsp3) is 0.615. The smallest absolute Gasteiger partial charge is 0.315 e. The lowest BCUT2D eigenvalue weighted by Gasteiger charge is -2.26. The molecule has 1 aromatic rings. The SMILES string of the molecule is O=C(NCCc1cnc[nH]1)NC1CCC(C(=O)O)CC1. The third-order valence-corrected chi connectivity index (χ3v) is 3.65. The number of carbonyl (C=O) groups excluding carboxylic acids is 1. The van der Waals surface area contributed by atoms with E-state index in [1.54, 1.807) is 12.5 Å². The molecule has 7 heteroatoms. The molecule has 0 saturated heterocycles. The first-order valence-electron chi connectivity index (χ1n) is 6.89. The van der Waals surface area contributed by atoms with Crippen molar-refractivity contribution >= 4 is 12.0 Å². The predicted molar refractivity (Wildman–Crippen MR) is 72.2 cm³/mol. The predicted octanol–water partition coefficient (Wildman–Crippen LogP) is 0.895. The van der Waals surface area contributed by atoms with Crippen molar-refractivity contribution in [3.05, 3.63) is 18.2 Å². The molecule has 2 rings (SSSR count). The lowest BCUT2D eigenvalue weighted by Crippen LogP contribution is -2.44. The van der Waals surface area contributed by atoms with Crippen LogP contribution in [-0.2, 0) is 11.2 Å². The van der Waals surface area contributed by atoms with Crippen LogP contribution < -0.4 is 10.6 Å². The maximum atomic E-state index is 11.7. The molecule has 4 N–H and O–H groups in total. The Morgan fingerprint density at radius 3 is 2.70 bits per heavy atom. The standard InChI is InChI=1S/C13H20N4O3/c18-12(19)9-1-3-10(4-2-9)17-13(20)15-6-5-11-7-14-8-16-11/h7-10H,1-6H2,(H,14,16)(H,18,19)(H2,15,17,20). The number of H-pyrrole nitrogens is 1. The number of aromatic nitrogens is 2. The number of nitrogens with zero attached hydrogens (tertiary/aromatic N) is 1. The molecule has 20 heavy (non-hydrogen) atoms. The second kappa shape index (κ2) is 6.93. The quantitative estimate of drug-likeness (QED) is 0.642. The minimum Gasteiger partial charge on any atom is -0.481 e. The Labute approximate surface area is 117 Å². The van der Waals surface area contributed by atoms with Crippen molar-refractivity contribution < 1.29 is 14.7 Å². The summed E-state index contributed by atoms with van der Waals surface area (Å²) >= 11 is 0. The number of urea groups is 1. The summed E-state index contributed by atoms with van der Waals surface area (Å²) in [5.74, 6) is -0.982. The van der Waals surface area contributed by atoms with Gasteiger partial charge in [0.05, 0.1) is 12.2 Å². The molecule has 1 aliphatic rings. The zero-order valence-electron chi connectivity index (χ0n) is 11.3. The minimum atomic E-state index is -0.729. The number of amides is 2. The molecular formula is C13H20N4O3. The summed E-state index contributed by atoms with van der Waals surface area (Å²) in [6.45, 7) is 0.540. The van der Waals surface area contributed by atoms with Crippen molar-refractivity contribution in [1.82, 2.24) is 20.6 Å². The average Bonchev–Trinajstić information content (AvgIpc) is 2.92. The van der Waals surface area contributed by atoms with Crippen molar-refractivity contribution in [2.24, 2.45) is 5.92 Å². The van der Waals surface area contributed by atoms with Gasteiger partial charge in [-0.3, -0.25) is 4.79 Å². The second-order valence-electron chi connectivity index (χ2n) is 5.11. The number of carboxylic acid groups (broad SMARTS) is 1. The number of rotatable bonds is 5. The first-order valence-corrected chi connectivity index (χ1v) is 6.89. The highest BCUT2D eigenvalue weighted by Crippen LogP contribution is 2.24. The van der Waals surface area contributed by atoms with Gasteiger partial charge in [0.15, 0.2) is 0 Å². The highest BCUT2D eigenvalue weighted by atomic mass is 16.4. The van der Waals surface area contributed by atoms with Gasteiger partial charge >= 0.3 is 12.0 Å². The van der Waals surface area contributed by atoms with Crippen molar-refractivity contribution in [1.29, 1.82) is 0 Å². The number of carbonyl (C=O) groups is 2. The van der Waals surface area contributed by atoms with E-state index in [1.165, 1.54) is 0 Å². The molecule has 0 bridgehead atoms. The Kier molecular flexibility index (Phi) is 4.97. The molecule has 0 unspecified atom stereocenters. The van der Waals surface area contributed by atoms with Crippen LogP contribution in [0.5, 0.6) is 0 Å². The molecule has 1 heterocycles. The van der Waals surface area contributed by atoms with Crippen molar-refractivity contribution in [3.8, 4) is 0 Å². The summed E-state index contributed by atoms with van der Waals surface area (Å²) < 4.78 is 0. The number of aliphatic carboxylic acids is 1. The van der Waals surface area contributed by atoms with Crippen LogP contribution in [0.15, 0.2) is 12.5 Å². The zero-order chi connectivity index (χ0) is 14.4. The Hall–Kier alpha value is -2.05. The van der Waals surface area contributed by atoms with E-state index in [4.69, 9.17) is 5.11 Å². The van der Waals surface area contributed by atoms with E-state index < -0.39 is 5.97 Å². The van der Waals surface area contributed by atoms with Gasteiger partial charge in [-0.25, -0.2) is 9.78 Å². The Morgan fingerprint density at radius 2 is 2.10 bits per heavy atom. The van der Waals surface area contributed by atoms with Crippen LogP contribution in [0.3, 0.4) is 0 Å². The molecule has 110 valence electrons. The number of hydrogen-bond donors (Lipinski definition) is 4. The highest BCUT2D eigenvalue weighted by Gasteiger charge is 2.26. The summed E-state index contributed by atoms with van der Waals surface area (Å²) in [6, 6.07) is -0.110. The van der Waals surface area contributed by atoms with Crippen LogP contribution in [0, 0.1) is 5.92 Å². The van der Waals surface area contributed by atoms with E-state index in [0.29, 0.717) is 25.8 Å². The van der Waals surface area contributed by atoms with Crippen molar-refractivity contribution in [2.75, 3.05) is 6.54 Å². The lowest BCUT2D eigenvalue weighted by atomic mass is 9.86. The Balaban J connectivity index is 1.61. The largest absolute Gasteiger partial charge is 0.481 e. The van der Waals surface area contributed by atoms with Gasteiger partial charge in [0, 0.05) is 30.9 Å². The van der Waals surface area contributed by atoms with E-state index in [2.05, 4.69) is 20.6 Å². The van der Waals surface area contributed by atoms with E-state index in [0.717, 1.165) is 18.5 Å². The van der Waals surface area contributed by atoms with Gasteiger partial charge in [-0.15, -0.1) is 0 Å². The van der Waals surface area contributed by atoms with E-state index >= 15 is 0 Å². The van der Waals surface area contributed by atoms with Crippen LogP contribution in [0.2, 0.25) is 0 Å². The maximum absolute atomic E-state index is 11.7. The summed E-state index contributed by atoms with van der Waals surface area (Å²) in [6.07, 6.45) is 6.76. The number of imidazole rings is 1. The molecule has 0 spiro atoms. The number of nitrogens with one attached hydrogen (secondary N) is 3. The van der Waals surface area contributed by atoms with Gasteiger partial charge in [0.2, 0.25) is 0 Å². The molecule has 0 aromatic carbocycles. The van der Waals surface area contributed by atoms with Crippen LogP contribution >= 0.6 is 0 Å². The summed E-state index contributed by atoms with van der Waals surface area (Å²) in [4.78, 5) is 29.4. The first-order chi connectivity index (χ1) is 9.65. The second-order valence-corrected chi connectivity index (χ2v) is 5.11. The molecule has 1 fully saturated rings. The van der Waals surface area contributed by atoms with Gasteiger partial charge in [0.25, 0.3) is 0 Å². The third-order valence-electron chi connectivity index (χ3n) is 3.65. The summed E-state index contributed by atoms with van der Waals surface area (Å²) in [5.41, 5.74) is 0.979. The average molecular weight is 280 g/mol. The monoisotopic (exact) mass is 280 g/mol. The number of aromatic amines is 1. The fourth-order valence-corrected chi connectivity index (χ4v) is 2.45. The summed E-state index contributed by atoms with van der Waals surface area (Å²) in [7, 11) is 0. The van der Waals surface area contributed by atoms with Gasteiger partial charge in [-0.05, 0) is 25.7 Å². The molecule has 1 aliphatic carbocycles. The fourth-order valence-electron chi connectivity index (χ4n) is 2.45. The van der Waals surface area contributed by atoms with E-state index in [9.17, 15) is 9.59 Å². The van der Waals surface area contributed by atoms with Crippen molar-refractivity contribution in [2.45, 2.75) is 38.1 Å². The van der Waals surface area contributed by atoms with E-state index in [1.807, 2.05) is 0 Å². The molecular weight excluding hydrogens is 260 g/mol. The lowest BCUT2D eigenvalue weighted by molar-refractivity contribution is -0.142. The van der Waals surface area contributed by atoms with Gasteiger partial charge in [-0.1, -0.05) is 0 Å². The van der Waals surface area contributed by atoms with Crippen LogP contribution in [0.25, 0.3) is 0 Å². The summed E-state index contributed by atoms with van der Waals surface area (Å²) in [5, 5.41) is 14.6. The zero-order valence-corrected chi connectivity index (χ0v) is 11.3. The molecule has 0 atom stereocenters. The van der Waals surface area contributed by atoms with Gasteiger partial charge in [0.1, 0.15) is 0 Å². The third kappa shape index (κ3) is 4.25. The maximum Gasteiger partial charge on any atom is 0.315 e. The van der Waals surface area contributed by atoms with E-state index in [-0.39, 0.29) is 18.0 Å². The van der Waals surface area contributed by atoms with Crippen LogP contribution in [0.1, 0.15) is 31.4 Å². The first kappa shape index (κ1) is 14.4. The molecule has 0 aliphatic heterocycles. The molecule has 2 amide bonds. The Bertz CT molecular complexity index is 438. The normalized spacial score (nSPS) is 22.2. The van der Waals surface area contributed by atoms with Crippen molar-refractivity contribution in [3.63, 3.8) is 0 Å². The van der Waals surface area contributed by atoms with Crippen LogP contribution in [-0.4, -0.2) is 39.7 Å². The molecule has 1 aromatic heterocycles. The number of carboxylic acids is 1. The topological polar surface area (TPSA) is 107 Å². The van der Waals surface area contributed by atoms with Gasteiger partial charge < -0.3 is 20.7 Å². The molecule has 0 radical (unpaired) electrons.